The van der Waals surface area contributed by atoms with Crippen LogP contribution in [0.2, 0.25) is 0 Å². The van der Waals surface area contributed by atoms with E-state index in [1.165, 1.54) is 0 Å². The van der Waals surface area contributed by atoms with Gasteiger partial charge in [0.2, 0.25) is 0 Å². The summed E-state index contributed by atoms with van der Waals surface area (Å²) in [5.41, 5.74) is 5.19. The molecule has 3 aromatic rings. The first-order chi connectivity index (χ1) is 13.2. The minimum atomic E-state index is -0.383. The summed E-state index contributed by atoms with van der Waals surface area (Å²) in [4.78, 5) is 34.0. The van der Waals surface area contributed by atoms with Gasteiger partial charge in [-0.3, -0.25) is 9.59 Å². The molecule has 0 aliphatic rings. The average molecular weight is 358 g/mol. The second kappa shape index (κ2) is 8.23. The van der Waals surface area contributed by atoms with Crippen molar-refractivity contribution in [2.45, 2.75) is 6.92 Å². The fourth-order valence-corrected chi connectivity index (χ4v) is 2.86. The predicted molar refractivity (Wildman–Crippen MR) is 104 cm³/mol. The standard InChI is InChI=1S/C23H18O4/c1-2-27-23(26)20-11-12-21(18-7-3-16(14-24)4-8-18)22(13-20)19-9-5-17(15-25)6-10-19/h3-15H,2H2,1H3. The Labute approximate surface area is 157 Å². The molecule has 134 valence electrons. The summed E-state index contributed by atoms with van der Waals surface area (Å²) in [6.45, 7) is 2.07. The smallest absolute Gasteiger partial charge is 0.338 e. The summed E-state index contributed by atoms with van der Waals surface area (Å²) < 4.78 is 5.11. The van der Waals surface area contributed by atoms with E-state index in [0.717, 1.165) is 34.8 Å². The van der Waals surface area contributed by atoms with Gasteiger partial charge in [-0.15, -0.1) is 0 Å². The zero-order chi connectivity index (χ0) is 19.2. The van der Waals surface area contributed by atoms with Gasteiger partial charge in [-0.25, -0.2) is 4.79 Å². The Hall–Kier alpha value is -3.53. The largest absolute Gasteiger partial charge is 0.462 e. The Morgan fingerprint density at radius 2 is 1.30 bits per heavy atom. The van der Waals surface area contributed by atoms with Gasteiger partial charge in [-0.1, -0.05) is 54.6 Å². The number of aldehydes is 2. The summed E-state index contributed by atoms with van der Waals surface area (Å²) >= 11 is 0. The normalized spacial score (nSPS) is 10.3. The molecule has 3 aromatic carbocycles. The van der Waals surface area contributed by atoms with E-state index in [1.54, 1.807) is 43.3 Å². The molecule has 0 spiro atoms. The van der Waals surface area contributed by atoms with Crippen molar-refractivity contribution < 1.29 is 19.1 Å². The van der Waals surface area contributed by atoms with Gasteiger partial charge in [0.15, 0.2) is 0 Å². The van der Waals surface area contributed by atoms with Crippen molar-refractivity contribution in [2.24, 2.45) is 0 Å². The molecule has 0 unspecified atom stereocenters. The zero-order valence-electron chi connectivity index (χ0n) is 14.8. The summed E-state index contributed by atoms with van der Waals surface area (Å²) in [5.74, 6) is -0.383. The van der Waals surface area contributed by atoms with Crippen LogP contribution in [0.5, 0.6) is 0 Å². The van der Waals surface area contributed by atoms with Crippen LogP contribution >= 0.6 is 0 Å². The SMILES string of the molecule is CCOC(=O)c1ccc(-c2ccc(C=O)cc2)c(-c2ccc(C=O)cc2)c1. The van der Waals surface area contributed by atoms with Crippen LogP contribution in [-0.4, -0.2) is 25.1 Å². The first kappa shape index (κ1) is 18.3. The first-order valence-electron chi connectivity index (χ1n) is 8.58. The second-order valence-corrected chi connectivity index (χ2v) is 5.96. The van der Waals surface area contributed by atoms with Gasteiger partial charge in [0.05, 0.1) is 12.2 Å². The van der Waals surface area contributed by atoms with Gasteiger partial charge >= 0.3 is 5.97 Å². The monoisotopic (exact) mass is 358 g/mol. The lowest BCUT2D eigenvalue weighted by molar-refractivity contribution is 0.0526. The third kappa shape index (κ3) is 4.01. The second-order valence-electron chi connectivity index (χ2n) is 5.96. The number of hydrogen-bond donors (Lipinski definition) is 0. The summed E-state index contributed by atoms with van der Waals surface area (Å²) in [6, 6.07) is 19.8. The molecule has 0 heterocycles. The molecule has 0 atom stereocenters. The number of hydrogen-bond acceptors (Lipinski definition) is 4. The fourth-order valence-electron chi connectivity index (χ4n) is 2.86. The molecule has 4 nitrogen and oxygen atoms in total. The van der Waals surface area contributed by atoms with Gasteiger partial charge in [-0.2, -0.15) is 0 Å². The Balaban J connectivity index is 2.14. The molecule has 0 aliphatic heterocycles. The highest BCUT2D eigenvalue weighted by Gasteiger charge is 2.13. The van der Waals surface area contributed by atoms with Gasteiger partial charge in [0, 0.05) is 11.1 Å². The number of rotatable bonds is 6. The maximum absolute atomic E-state index is 12.2. The highest BCUT2D eigenvalue weighted by atomic mass is 16.5. The molecule has 3 rings (SSSR count). The maximum Gasteiger partial charge on any atom is 0.338 e. The fraction of sp³-hybridized carbons (Fsp3) is 0.0870. The van der Waals surface area contributed by atoms with Gasteiger partial charge in [0.1, 0.15) is 12.6 Å². The minimum Gasteiger partial charge on any atom is -0.462 e. The van der Waals surface area contributed by atoms with Crippen LogP contribution in [0, 0.1) is 0 Å². The molecule has 0 amide bonds. The molecule has 27 heavy (non-hydrogen) atoms. The van der Waals surface area contributed by atoms with E-state index in [4.69, 9.17) is 4.74 Å². The van der Waals surface area contributed by atoms with Crippen molar-refractivity contribution in [3.05, 3.63) is 83.4 Å². The Bertz CT molecular complexity index is 970. The van der Waals surface area contributed by atoms with Crippen LogP contribution in [0.4, 0.5) is 0 Å². The van der Waals surface area contributed by atoms with Gasteiger partial charge in [0.25, 0.3) is 0 Å². The Morgan fingerprint density at radius 3 is 1.78 bits per heavy atom. The highest BCUT2D eigenvalue weighted by molar-refractivity contribution is 5.95. The molecule has 0 N–H and O–H groups in total. The van der Waals surface area contributed by atoms with Crippen LogP contribution in [0.15, 0.2) is 66.7 Å². The number of benzene rings is 3. The lowest BCUT2D eigenvalue weighted by Crippen LogP contribution is -2.05. The van der Waals surface area contributed by atoms with E-state index in [0.29, 0.717) is 23.3 Å². The number of esters is 1. The van der Waals surface area contributed by atoms with E-state index in [-0.39, 0.29) is 5.97 Å². The molecule has 0 fully saturated rings. The number of ether oxygens (including phenoxy) is 1. The number of carbonyl (C=O) groups is 3. The molecule has 0 saturated carbocycles. The highest BCUT2D eigenvalue weighted by Crippen LogP contribution is 2.33. The van der Waals surface area contributed by atoms with Gasteiger partial charge in [-0.05, 0) is 41.3 Å². The van der Waals surface area contributed by atoms with E-state index in [2.05, 4.69) is 0 Å². The van der Waals surface area contributed by atoms with E-state index < -0.39 is 0 Å². The van der Waals surface area contributed by atoms with Crippen molar-refractivity contribution in [1.82, 2.24) is 0 Å². The van der Waals surface area contributed by atoms with Crippen molar-refractivity contribution in [2.75, 3.05) is 6.61 Å². The third-order valence-electron chi connectivity index (χ3n) is 4.25. The van der Waals surface area contributed by atoms with Crippen LogP contribution < -0.4 is 0 Å². The average Bonchev–Trinajstić information content (AvgIpc) is 2.73. The minimum absolute atomic E-state index is 0.303. The lowest BCUT2D eigenvalue weighted by atomic mass is 9.92. The van der Waals surface area contributed by atoms with E-state index in [1.807, 2.05) is 30.3 Å². The Morgan fingerprint density at radius 1 is 0.778 bits per heavy atom. The Kier molecular flexibility index (Phi) is 5.57. The maximum atomic E-state index is 12.2. The van der Waals surface area contributed by atoms with Crippen molar-refractivity contribution >= 4 is 18.5 Å². The van der Waals surface area contributed by atoms with Crippen LogP contribution in [0.25, 0.3) is 22.3 Å². The number of carbonyl (C=O) groups excluding carboxylic acids is 3. The molecule has 0 radical (unpaired) electrons. The van der Waals surface area contributed by atoms with Crippen molar-refractivity contribution in [1.29, 1.82) is 0 Å². The summed E-state index contributed by atoms with van der Waals surface area (Å²) in [6.07, 6.45) is 1.59. The van der Waals surface area contributed by atoms with Crippen LogP contribution in [0.1, 0.15) is 38.0 Å². The quantitative estimate of drug-likeness (QED) is 0.468. The van der Waals surface area contributed by atoms with E-state index >= 15 is 0 Å². The molecule has 4 heteroatoms. The lowest BCUT2D eigenvalue weighted by Gasteiger charge is -2.13. The predicted octanol–water partition coefficient (Wildman–Crippen LogP) is 4.82. The van der Waals surface area contributed by atoms with Gasteiger partial charge < -0.3 is 4.74 Å². The first-order valence-corrected chi connectivity index (χ1v) is 8.58. The molecule has 0 saturated heterocycles. The van der Waals surface area contributed by atoms with Crippen LogP contribution in [0.3, 0.4) is 0 Å². The molecule has 0 aliphatic carbocycles. The summed E-state index contributed by atoms with van der Waals surface area (Å²) in [5, 5.41) is 0. The molecular weight excluding hydrogens is 340 g/mol. The molecule has 0 bridgehead atoms. The topological polar surface area (TPSA) is 60.4 Å². The van der Waals surface area contributed by atoms with Crippen LogP contribution in [-0.2, 0) is 4.74 Å². The molecular formula is C23H18O4. The zero-order valence-corrected chi connectivity index (χ0v) is 14.8. The van der Waals surface area contributed by atoms with Crippen molar-refractivity contribution in [3.63, 3.8) is 0 Å². The van der Waals surface area contributed by atoms with Crippen molar-refractivity contribution in [3.8, 4) is 22.3 Å². The summed E-state index contributed by atoms with van der Waals surface area (Å²) in [7, 11) is 0. The molecule has 0 aromatic heterocycles. The third-order valence-corrected chi connectivity index (χ3v) is 4.25. The van der Waals surface area contributed by atoms with E-state index in [9.17, 15) is 14.4 Å².